The number of anilines is 3. The number of amides is 2. The third kappa shape index (κ3) is 2.28. The number of nitrogen functional groups attached to an aromatic ring is 1. The maximum atomic E-state index is 13.2. The van der Waals surface area contributed by atoms with Crippen LogP contribution in [0.4, 0.5) is 22.2 Å². The molecule has 124 valence electrons. The van der Waals surface area contributed by atoms with E-state index < -0.39 is 0 Å². The summed E-state index contributed by atoms with van der Waals surface area (Å²) >= 11 is 6.38. The Morgan fingerprint density at radius 3 is 2.83 bits per heavy atom. The molecule has 1 fully saturated rings. The van der Waals surface area contributed by atoms with Crippen LogP contribution in [-0.4, -0.2) is 35.1 Å². The first-order valence-electron chi connectivity index (χ1n) is 7.74. The van der Waals surface area contributed by atoms with Gasteiger partial charge in [0, 0.05) is 24.8 Å². The van der Waals surface area contributed by atoms with Crippen molar-refractivity contribution in [3.8, 4) is 0 Å². The van der Waals surface area contributed by atoms with Gasteiger partial charge in [-0.2, -0.15) is 4.98 Å². The van der Waals surface area contributed by atoms with E-state index in [0.717, 1.165) is 29.9 Å². The molecule has 0 unspecified atom stereocenters. The Morgan fingerprint density at radius 2 is 2.17 bits per heavy atom. The van der Waals surface area contributed by atoms with E-state index in [9.17, 15) is 4.79 Å². The number of nitrogens with zero attached hydrogens (tertiary/aromatic N) is 4. The highest BCUT2D eigenvalue weighted by Gasteiger charge is 2.40. The Bertz CT molecular complexity index is 802. The first kappa shape index (κ1) is 15.2. The van der Waals surface area contributed by atoms with Crippen LogP contribution >= 0.6 is 11.6 Å². The highest BCUT2D eigenvalue weighted by molar-refractivity contribution is 6.34. The summed E-state index contributed by atoms with van der Waals surface area (Å²) in [4.78, 5) is 25.0. The summed E-state index contributed by atoms with van der Waals surface area (Å²) in [6.07, 6.45) is 1.68. The monoisotopic (exact) mass is 344 g/mol. The first-order chi connectivity index (χ1) is 11.6. The summed E-state index contributed by atoms with van der Waals surface area (Å²) in [5.74, 6) is 0.765. The third-order valence-corrected chi connectivity index (χ3v) is 4.74. The van der Waals surface area contributed by atoms with Crippen molar-refractivity contribution in [3.63, 3.8) is 0 Å². The van der Waals surface area contributed by atoms with E-state index in [2.05, 4.69) is 15.3 Å². The van der Waals surface area contributed by atoms with Crippen molar-refractivity contribution < 1.29 is 4.79 Å². The summed E-state index contributed by atoms with van der Waals surface area (Å²) in [6, 6.07) is 5.53. The number of para-hydroxylation sites is 1. The zero-order valence-corrected chi connectivity index (χ0v) is 13.9. The Morgan fingerprint density at radius 1 is 1.38 bits per heavy atom. The number of carbonyl (C=O) groups is 1. The lowest BCUT2D eigenvalue weighted by Crippen LogP contribution is -2.63. The number of aromatic nitrogens is 2. The molecular weight excluding hydrogens is 328 g/mol. The topological polar surface area (TPSA) is 87.4 Å². The molecule has 0 bridgehead atoms. The lowest BCUT2D eigenvalue weighted by atomic mass is 10.1. The van der Waals surface area contributed by atoms with E-state index in [-0.39, 0.29) is 18.0 Å². The van der Waals surface area contributed by atoms with Crippen molar-refractivity contribution in [1.82, 2.24) is 15.3 Å². The van der Waals surface area contributed by atoms with Crippen molar-refractivity contribution in [2.24, 2.45) is 0 Å². The number of benzene rings is 1. The van der Waals surface area contributed by atoms with Crippen molar-refractivity contribution >= 4 is 35.1 Å². The van der Waals surface area contributed by atoms with Gasteiger partial charge in [-0.15, -0.1) is 0 Å². The molecule has 0 aliphatic carbocycles. The molecule has 7 nitrogen and oxygen atoms in total. The largest absolute Gasteiger partial charge is 0.368 e. The fourth-order valence-corrected chi connectivity index (χ4v) is 3.44. The smallest absolute Gasteiger partial charge is 0.330 e. The Labute approximate surface area is 144 Å². The van der Waals surface area contributed by atoms with Gasteiger partial charge in [0.15, 0.2) is 0 Å². The van der Waals surface area contributed by atoms with E-state index in [1.807, 2.05) is 19.1 Å². The van der Waals surface area contributed by atoms with Crippen LogP contribution in [0.1, 0.15) is 11.1 Å². The second-order valence-electron chi connectivity index (χ2n) is 6.03. The molecule has 1 saturated heterocycles. The third-order valence-electron chi connectivity index (χ3n) is 4.44. The summed E-state index contributed by atoms with van der Waals surface area (Å²) in [5.41, 5.74) is 8.26. The van der Waals surface area contributed by atoms with E-state index in [0.29, 0.717) is 17.4 Å². The van der Waals surface area contributed by atoms with Gasteiger partial charge in [0.25, 0.3) is 0 Å². The second-order valence-corrected chi connectivity index (χ2v) is 6.44. The number of hydrogen-bond acceptors (Lipinski definition) is 5. The number of fused-ring (bicyclic) bond motifs is 1. The number of halogens is 1. The Balaban J connectivity index is 1.84. The molecule has 1 aromatic carbocycles. The Kier molecular flexibility index (Phi) is 3.54. The summed E-state index contributed by atoms with van der Waals surface area (Å²) in [6.45, 7) is 3.77. The molecule has 2 aliphatic rings. The lowest BCUT2D eigenvalue weighted by molar-refractivity contribution is 0.243. The highest BCUT2D eigenvalue weighted by atomic mass is 35.5. The fourth-order valence-electron chi connectivity index (χ4n) is 3.11. The van der Waals surface area contributed by atoms with Crippen LogP contribution in [-0.2, 0) is 6.54 Å². The molecule has 2 aromatic rings. The maximum Gasteiger partial charge on any atom is 0.330 e. The number of rotatable bonds is 2. The molecule has 2 aliphatic heterocycles. The molecule has 24 heavy (non-hydrogen) atoms. The van der Waals surface area contributed by atoms with E-state index >= 15 is 0 Å². The van der Waals surface area contributed by atoms with E-state index in [4.69, 9.17) is 17.3 Å². The quantitative estimate of drug-likeness (QED) is 0.869. The van der Waals surface area contributed by atoms with Gasteiger partial charge in [-0.1, -0.05) is 23.7 Å². The zero-order valence-electron chi connectivity index (χ0n) is 13.2. The molecule has 2 amide bonds. The number of urea groups is 1. The second kappa shape index (κ2) is 5.61. The molecule has 8 heteroatoms. The minimum absolute atomic E-state index is 0.0520. The maximum absolute atomic E-state index is 13.2. The molecule has 3 N–H and O–H groups in total. The molecule has 3 heterocycles. The summed E-state index contributed by atoms with van der Waals surface area (Å²) in [7, 11) is 0. The van der Waals surface area contributed by atoms with E-state index in [1.54, 1.807) is 22.1 Å². The predicted molar refractivity (Wildman–Crippen MR) is 93.3 cm³/mol. The van der Waals surface area contributed by atoms with Gasteiger partial charge in [-0.3, -0.25) is 9.80 Å². The van der Waals surface area contributed by atoms with Crippen molar-refractivity contribution in [1.29, 1.82) is 0 Å². The molecule has 4 rings (SSSR count). The fraction of sp³-hybridized carbons (Fsp3) is 0.312. The normalized spacial score (nSPS) is 17.7. The van der Waals surface area contributed by atoms with Crippen LogP contribution in [0.25, 0.3) is 0 Å². The van der Waals surface area contributed by atoms with Gasteiger partial charge < -0.3 is 11.1 Å². The first-order valence-corrected chi connectivity index (χ1v) is 8.12. The molecule has 0 saturated carbocycles. The van der Waals surface area contributed by atoms with Crippen molar-refractivity contribution in [2.45, 2.75) is 19.5 Å². The van der Waals surface area contributed by atoms with Crippen LogP contribution in [0.2, 0.25) is 5.02 Å². The highest BCUT2D eigenvalue weighted by Crippen LogP contribution is 2.37. The van der Waals surface area contributed by atoms with Gasteiger partial charge in [0.2, 0.25) is 5.95 Å². The Hall–Kier alpha value is -2.38. The van der Waals surface area contributed by atoms with E-state index in [1.165, 1.54) is 0 Å². The molecule has 1 aromatic heterocycles. The van der Waals surface area contributed by atoms with Gasteiger partial charge in [0.1, 0.15) is 5.82 Å². The number of nitrogens with two attached hydrogens (primary N) is 1. The predicted octanol–water partition coefficient (Wildman–Crippen LogP) is 1.94. The molecule has 0 atom stereocenters. The van der Waals surface area contributed by atoms with Gasteiger partial charge in [0.05, 0.1) is 23.3 Å². The summed E-state index contributed by atoms with van der Waals surface area (Å²) in [5, 5.41) is 3.74. The minimum Gasteiger partial charge on any atom is -0.368 e. The average Bonchev–Trinajstić information content (AvgIpc) is 2.49. The zero-order chi connectivity index (χ0) is 16.8. The molecule has 0 radical (unpaired) electrons. The molecule has 0 spiro atoms. The number of carbonyl (C=O) groups excluding carboxylic acids is 1. The average molecular weight is 345 g/mol. The van der Waals surface area contributed by atoms with Crippen molar-refractivity contribution in [3.05, 3.63) is 40.5 Å². The van der Waals surface area contributed by atoms with Gasteiger partial charge >= 0.3 is 6.03 Å². The van der Waals surface area contributed by atoms with Crippen LogP contribution < -0.4 is 20.9 Å². The number of nitrogens with one attached hydrogen (secondary N) is 1. The van der Waals surface area contributed by atoms with Crippen LogP contribution in [0.15, 0.2) is 24.4 Å². The molecular formula is C16H17ClN6O. The number of hydrogen-bond donors (Lipinski definition) is 2. The lowest BCUT2D eigenvalue weighted by Gasteiger charge is -2.44. The minimum atomic E-state index is -0.136. The van der Waals surface area contributed by atoms with Crippen molar-refractivity contribution in [2.75, 3.05) is 28.6 Å². The van der Waals surface area contributed by atoms with Gasteiger partial charge in [-0.05, 0) is 18.6 Å². The standard InChI is InChI=1S/C16H17ClN6O/c1-9-3-2-4-12(17)13(9)22-8-10-5-20-15(18)21-14(10)23(16(22)24)11-6-19-7-11/h2-5,11,19H,6-8H2,1H3,(H2,18,20,21). The SMILES string of the molecule is Cc1cccc(Cl)c1N1Cc2cnc(N)nc2N(C2CNC2)C1=O. The van der Waals surface area contributed by atoms with Gasteiger partial charge in [-0.25, -0.2) is 9.78 Å². The van der Waals surface area contributed by atoms with Crippen LogP contribution in [0.3, 0.4) is 0 Å². The van der Waals surface area contributed by atoms with Crippen LogP contribution in [0, 0.1) is 6.92 Å². The van der Waals surface area contributed by atoms with Crippen LogP contribution in [0.5, 0.6) is 0 Å². The number of aryl methyl sites for hydroxylation is 1. The summed E-state index contributed by atoms with van der Waals surface area (Å²) < 4.78 is 0.